The van der Waals surface area contributed by atoms with Crippen molar-refractivity contribution in [3.05, 3.63) is 88.5 Å². The van der Waals surface area contributed by atoms with Crippen LogP contribution in [0.25, 0.3) is 0 Å². The van der Waals surface area contributed by atoms with Gasteiger partial charge in [0.1, 0.15) is 17.2 Å². The van der Waals surface area contributed by atoms with Gasteiger partial charge in [0, 0.05) is 73.5 Å². The Hall–Kier alpha value is -3.31. The first-order valence-electron chi connectivity index (χ1n) is 18.9. The van der Waals surface area contributed by atoms with E-state index in [1.807, 2.05) is 38.4 Å². The number of methoxy groups -OCH3 is 1. The first-order chi connectivity index (χ1) is 25.0. The van der Waals surface area contributed by atoms with Crippen LogP contribution in [0.4, 0.5) is 5.69 Å². The Labute approximate surface area is 313 Å². The first kappa shape index (κ1) is 35.7. The molecule has 1 N–H and O–H groups in total. The Kier molecular flexibility index (Phi) is 9.50. The number of hydrogen-bond acceptors (Lipinski definition) is 7. The van der Waals surface area contributed by atoms with Crippen molar-refractivity contribution in [3.8, 4) is 5.75 Å². The third-order valence-corrected chi connectivity index (χ3v) is 15.5. The van der Waals surface area contributed by atoms with Crippen LogP contribution in [0.5, 0.6) is 5.75 Å². The van der Waals surface area contributed by atoms with Crippen molar-refractivity contribution in [2.24, 2.45) is 17.8 Å². The third kappa shape index (κ3) is 6.48. The van der Waals surface area contributed by atoms with Gasteiger partial charge in [0.05, 0.1) is 28.5 Å². The molecule has 5 aliphatic rings. The Bertz CT molecular complexity index is 1980. The number of hydrogen-bond donors (Lipinski definition) is 1. The topological polar surface area (TPSA) is 88.9 Å². The fourth-order valence-corrected chi connectivity index (χ4v) is 11.3. The van der Waals surface area contributed by atoms with Crippen LogP contribution in [-0.4, -0.2) is 81.2 Å². The van der Waals surface area contributed by atoms with Crippen molar-refractivity contribution < 1.29 is 18.5 Å². The highest BCUT2D eigenvalue weighted by molar-refractivity contribution is 7.99. The monoisotopic (exact) mass is 745 g/mol. The van der Waals surface area contributed by atoms with Gasteiger partial charge >= 0.3 is 0 Å². The molecular weight excluding hydrogens is 694 g/mol. The van der Waals surface area contributed by atoms with Gasteiger partial charge in [0.25, 0.3) is 5.91 Å². The number of aryl methyl sites for hydroxylation is 1. The van der Waals surface area contributed by atoms with Gasteiger partial charge in [-0.3, -0.25) is 14.4 Å². The largest absolute Gasteiger partial charge is 0.490 e. The number of amides is 1. The minimum absolute atomic E-state index is 0.0176. The summed E-state index contributed by atoms with van der Waals surface area (Å²) in [7, 11) is -1.09. The fraction of sp³-hybridized carbons (Fsp3) is 0.537. The number of imidazole rings is 1. The molecule has 2 aliphatic carbocycles. The predicted molar refractivity (Wildman–Crippen MR) is 209 cm³/mol. The molecule has 2 aromatic carbocycles. The highest BCUT2D eigenvalue weighted by Gasteiger charge is 2.50. The van der Waals surface area contributed by atoms with Crippen molar-refractivity contribution in [1.82, 2.24) is 19.2 Å². The van der Waals surface area contributed by atoms with Gasteiger partial charge in [-0.1, -0.05) is 36.7 Å². The molecule has 9 nitrogen and oxygen atoms in total. The molecule has 7 atom stereocenters. The summed E-state index contributed by atoms with van der Waals surface area (Å²) in [6.45, 7) is 9.52. The molecule has 1 amide bonds. The number of carbonyl (C=O) groups excluding carboxylic acids is 1. The zero-order valence-electron chi connectivity index (χ0n) is 30.7. The summed E-state index contributed by atoms with van der Waals surface area (Å²) in [6.07, 6.45) is 14.4. The minimum atomic E-state index is -2.96. The van der Waals surface area contributed by atoms with E-state index in [-0.39, 0.29) is 28.4 Å². The van der Waals surface area contributed by atoms with Gasteiger partial charge in [0.15, 0.2) is 0 Å². The lowest BCUT2D eigenvalue weighted by Crippen LogP contribution is -2.57. The fourth-order valence-electron chi connectivity index (χ4n) is 9.61. The van der Waals surface area contributed by atoms with E-state index in [2.05, 4.69) is 67.3 Å². The number of anilines is 1. The van der Waals surface area contributed by atoms with E-state index in [1.54, 1.807) is 6.07 Å². The summed E-state index contributed by atoms with van der Waals surface area (Å²) < 4.78 is 32.6. The number of carbonyl (C=O) groups is 1. The standard InChI is InChI=1S/C41H52ClN5O4S/c1-28-7-5-16-41(50-3,26-45-19-20-46-18-17-43-38(46)24-45)35-12-9-32(35)23-47-25-40(15-6-8-30-21-33(42)11-13-34(30)40)27-51-37-14-10-31(22-36(37)47)39(48)44-52(4,49)29(28)2/h5,10-11,13-14,16-18,21-22,28-29,32,35H,4,6-9,12,15,19-20,23-27H2,1-3H3,(H,44,48,49)/b16-5+/t28-,29+,32-,35+,40-,41+,52?/m0/s1. The summed E-state index contributed by atoms with van der Waals surface area (Å²) in [5.74, 6) is 6.21. The first-order valence-corrected chi connectivity index (χ1v) is 21.1. The second-order valence-corrected chi connectivity index (χ2v) is 19.0. The number of benzene rings is 2. The number of halogens is 1. The van der Waals surface area contributed by atoms with Crippen LogP contribution in [0.2, 0.25) is 5.02 Å². The lowest BCUT2D eigenvalue weighted by Gasteiger charge is -2.52. The molecule has 0 saturated heterocycles. The summed E-state index contributed by atoms with van der Waals surface area (Å²) in [4.78, 5) is 23.4. The molecule has 1 fully saturated rings. The molecule has 11 heteroatoms. The molecule has 278 valence electrons. The summed E-state index contributed by atoms with van der Waals surface area (Å²) >= 11 is 6.51. The molecule has 52 heavy (non-hydrogen) atoms. The van der Waals surface area contributed by atoms with Crippen LogP contribution >= 0.6 is 11.6 Å². The third-order valence-electron chi connectivity index (χ3n) is 13.0. The van der Waals surface area contributed by atoms with Crippen LogP contribution in [0.3, 0.4) is 0 Å². The highest BCUT2D eigenvalue weighted by Crippen LogP contribution is 2.49. The van der Waals surface area contributed by atoms with Crippen molar-refractivity contribution in [2.75, 3.05) is 44.8 Å². The molecule has 8 rings (SSSR count). The summed E-state index contributed by atoms with van der Waals surface area (Å²) in [6, 6.07) is 12.0. The van der Waals surface area contributed by atoms with Crippen molar-refractivity contribution in [2.45, 2.75) is 81.7 Å². The predicted octanol–water partition coefficient (Wildman–Crippen LogP) is 6.28. The number of nitrogens with zero attached hydrogens (tertiary/aromatic N) is 4. The Balaban J connectivity index is 1.20. The molecule has 1 unspecified atom stereocenters. The molecule has 1 spiro atoms. The highest BCUT2D eigenvalue weighted by atomic mass is 35.5. The zero-order valence-corrected chi connectivity index (χ0v) is 32.3. The van der Waals surface area contributed by atoms with Crippen molar-refractivity contribution >= 4 is 38.8 Å². The maximum absolute atomic E-state index is 14.0. The van der Waals surface area contributed by atoms with E-state index in [4.69, 9.17) is 21.1 Å². The van der Waals surface area contributed by atoms with Crippen LogP contribution in [0, 0.1) is 17.8 Å². The molecule has 1 aromatic heterocycles. The summed E-state index contributed by atoms with van der Waals surface area (Å²) in [5, 5.41) is 0.419. The van der Waals surface area contributed by atoms with Gasteiger partial charge in [-0.2, -0.15) is 0 Å². The molecular formula is C41H52ClN5O4S. The van der Waals surface area contributed by atoms with E-state index in [0.29, 0.717) is 24.5 Å². The van der Waals surface area contributed by atoms with E-state index < -0.39 is 15.3 Å². The number of fused-ring (bicyclic) bond motifs is 5. The zero-order chi connectivity index (χ0) is 36.3. The van der Waals surface area contributed by atoms with E-state index in [0.717, 1.165) is 93.7 Å². The van der Waals surface area contributed by atoms with E-state index >= 15 is 0 Å². The maximum Gasteiger partial charge on any atom is 0.262 e. The number of aromatic nitrogens is 2. The van der Waals surface area contributed by atoms with Gasteiger partial charge in [-0.25, -0.2) is 9.19 Å². The van der Waals surface area contributed by atoms with Gasteiger partial charge in [-0.05, 0) is 111 Å². The van der Waals surface area contributed by atoms with Crippen LogP contribution in [0.15, 0.2) is 60.9 Å². The van der Waals surface area contributed by atoms with E-state index in [1.165, 1.54) is 11.1 Å². The van der Waals surface area contributed by atoms with Crippen molar-refractivity contribution in [3.63, 3.8) is 0 Å². The molecule has 1 saturated carbocycles. The van der Waals surface area contributed by atoms with Crippen molar-refractivity contribution in [1.29, 1.82) is 0 Å². The van der Waals surface area contributed by atoms with Crippen LogP contribution in [-0.2, 0) is 39.4 Å². The van der Waals surface area contributed by atoms with E-state index in [9.17, 15) is 9.00 Å². The number of allylic oxidation sites excluding steroid dienone is 1. The Morgan fingerprint density at radius 2 is 2.04 bits per heavy atom. The second-order valence-electron chi connectivity index (χ2n) is 16.1. The van der Waals surface area contributed by atoms with Crippen LogP contribution < -0.4 is 14.4 Å². The normalized spacial score (nSPS) is 34.2. The molecule has 4 heterocycles. The lowest BCUT2D eigenvalue weighted by atomic mass is 9.63. The SMILES string of the molecule is C=S1(=O)NC(=O)c2ccc3c(c2)N(C[C@@H]2CC[C@H]2[C@@](CN2CCn4ccnc4C2)(OC)/C=C/C[C@H](C)[C@H]1C)C[C@@]1(CCCc2cc(Cl)ccc21)CO3. The number of nitrogens with one attached hydrogen (secondary N) is 1. The molecule has 3 aromatic rings. The molecule has 0 radical (unpaired) electrons. The quantitative estimate of drug-likeness (QED) is 0.250. The number of rotatable bonds is 3. The molecule has 3 aliphatic heterocycles. The minimum Gasteiger partial charge on any atom is -0.490 e. The Morgan fingerprint density at radius 1 is 1.17 bits per heavy atom. The second kappa shape index (κ2) is 13.8. The van der Waals surface area contributed by atoms with Gasteiger partial charge < -0.3 is 18.9 Å². The maximum atomic E-state index is 14.0. The van der Waals surface area contributed by atoms with Gasteiger partial charge in [-0.15, -0.1) is 0 Å². The average molecular weight is 746 g/mol. The summed E-state index contributed by atoms with van der Waals surface area (Å²) in [5.41, 5.74) is 3.22. The molecule has 2 bridgehead atoms. The number of ether oxygens (including phenoxy) is 2. The smallest absolute Gasteiger partial charge is 0.262 e. The lowest BCUT2D eigenvalue weighted by molar-refractivity contribution is -0.0945. The Morgan fingerprint density at radius 3 is 2.85 bits per heavy atom. The van der Waals surface area contributed by atoms with Gasteiger partial charge in [0.2, 0.25) is 0 Å². The van der Waals surface area contributed by atoms with Crippen LogP contribution in [0.1, 0.15) is 73.3 Å². The average Bonchev–Trinajstić information content (AvgIpc) is 3.53.